The lowest BCUT2D eigenvalue weighted by atomic mass is 10.0. The minimum absolute atomic E-state index is 0.128. The number of likely N-dealkylation sites (tertiary alicyclic amines) is 1. The molecule has 1 saturated heterocycles. The maximum atomic E-state index is 13.3. The molecule has 1 aliphatic rings. The summed E-state index contributed by atoms with van der Waals surface area (Å²) >= 11 is 0. The van der Waals surface area contributed by atoms with Gasteiger partial charge in [-0.15, -0.1) is 0 Å². The lowest BCUT2D eigenvalue weighted by Crippen LogP contribution is -2.31. The fraction of sp³-hybridized carbons (Fsp3) is 0.261. The first-order valence-electron chi connectivity index (χ1n) is 10.2. The van der Waals surface area contributed by atoms with Crippen LogP contribution in [0.15, 0.2) is 64.3 Å². The van der Waals surface area contributed by atoms with Gasteiger partial charge in [0.25, 0.3) is 5.91 Å². The lowest BCUT2D eigenvalue weighted by Gasteiger charge is -2.21. The van der Waals surface area contributed by atoms with Crippen LogP contribution in [0.4, 0.5) is 0 Å². The highest BCUT2D eigenvalue weighted by Gasteiger charge is 2.37. The van der Waals surface area contributed by atoms with Gasteiger partial charge < -0.3 is 19.6 Å². The number of nitrogens with zero attached hydrogens (tertiary/aromatic N) is 4. The van der Waals surface area contributed by atoms with Crippen LogP contribution in [0.3, 0.4) is 0 Å². The van der Waals surface area contributed by atoms with Gasteiger partial charge in [0.05, 0.1) is 18.8 Å². The highest BCUT2D eigenvalue weighted by Crippen LogP contribution is 2.31. The Morgan fingerprint density at radius 1 is 1.16 bits per heavy atom. The zero-order valence-corrected chi connectivity index (χ0v) is 17.8. The number of aromatic nitrogens is 2. The van der Waals surface area contributed by atoms with Crippen LogP contribution in [0, 0.1) is 0 Å². The minimum Gasteiger partial charge on any atom is -0.399 e. The molecule has 0 aliphatic carbocycles. The van der Waals surface area contributed by atoms with E-state index < -0.39 is 6.04 Å². The third-order valence-corrected chi connectivity index (χ3v) is 5.15. The van der Waals surface area contributed by atoms with Gasteiger partial charge >= 0.3 is 0 Å². The molecule has 0 saturated carbocycles. The number of nitrogens with one attached hydrogen (secondary N) is 1. The molecule has 2 heterocycles. The van der Waals surface area contributed by atoms with Gasteiger partial charge in [0, 0.05) is 18.9 Å². The molecule has 32 heavy (non-hydrogen) atoms. The van der Waals surface area contributed by atoms with Crippen LogP contribution >= 0.6 is 0 Å². The molecule has 164 valence electrons. The Bertz CT molecular complexity index is 1120. The molecular weight excluding hydrogens is 410 g/mol. The summed E-state index contributed by atoms with van der Waals surface area (Å²) in [4.78, 5) is 35.4. The minimum atomic E-state index is -0.444. The van der Waals surface area contributed by atoms with Crippen molar-refractivity contribution in [2.45, 2.75) is 25.9 Å². The molecule has 2 amide bonds. The summed E-state index contributed by atoms with van der Waals surface area (Å²) in [6.45, 7) is 1.83. The largest absolute Gasteiger partial charge is 0.399 e. The highest BCUT2D eigenvalue weighted by molar-refractivity contribution is 6.00. The van der Waals surface area contributed by atoms with E-state index in [1.54, 1.807) is 4.90 Å². The van der Waals surface area contributed by atoms with E-state index >= 15 is 0 Å². The predicted molar refractivity (Wildman–Crippen MR) is 117 cm³/mol. The van der Waals surface area contributed by atoms with Crippen LogP contribution in [0.2, 0.25) is 0 Å². The molecule has 2 aromatic carbocycles. The zero-order chi connectivity index (χ0) is 22.5. The van der Waals surface area contributed by atoms with Crippen LogP contribution in [0.25, 0.3) is 11.1 Å². The van der Waals surface area contributed by atoms with Crippen molar-refractivity contribution in [2.75, 3.05) is 13.7 Å². The number of hydrogen-bond acceptors (Lipinski definition) is 7. The smallest absolute Gasteiger partial charge is 0.254 e. The van der Waals surface area contributed by atoms with Gasteiger partial charge in [0.1, 0.15) is 13.2 Å². The van der Waals surface area contributed by atoms with Crippen molar-refractivity contribution >= 4 is 17.5 Å². The molecule has 1 aromatic heterocycles. The van der Waals surface area contributed by atoms with Crippen LogP contribution in [0.5, 0.6) is 0 Å². The molecule has 4 rings (SSSR count). The number of hydrogen-bond donors (Lipinski definition) is 1. The maximum Gasteiger partial charge on any atom is 0.254 e. The van der Waals surface area contributed by atoms with Gasteiger partial charge in [-0.25, -0.2) is 0 Å². The Labute approximate surface area is 185 Å². The number of oxime groups is 1. The quantitative estimate of drug-likeness (QED) is 0.599. The standard InChI is InChI=1S/C23H23N5O4/c1-15(29)24-13-21-25-22(27-32-21)20-12-19(26-31-2)14-28(20)23(30)18-10-8-17(9-11-18)16-6-4-3-5-7-16/h3-11,20H,12-14H2,1-2H3,(H,24,29)/t20-/m0/s1. The third kappa shape index (κ3) is 4.66. The van der Waals surface area contributed by atoms with E-state index in [-0.39, 0.29) is 24.2 Å². The van der Waals surface area contributed by atoms with E-state index in [1.165, 1.54) is 14.0 Å². The van der Waals surface area contributed by atoms with Gasteiger partial charge in [0.2, 0.25) is 11.8 Å². The Balaban J connectivity index is 1.56. The summed E-state index contributed by atoms with van der Waals surface area (Å²) in [6.07, 6.45) is 0.431. The van der Waals surface area contributed by atoms with Gasteiger partial charge in [-0.3, -0.25) is 9.59 Å². The molecule has 0 spiro atoms. The maximum absolute atomic E-state index is 13.3. The molecule has 0 unspecified atom stereocenters. The molecule has 1 aliphatic heterocycles. The van der Waals surface area contributed by atoms with Crippen LogP contribution in [0.1, 0.15) is 41.5 Å². The normalized spacial score (nSPS) is 16.9. The second-order valence-electron chi connectivity index (χ2n) is 7.39. The molecule has 0 radical (unpaired) electrons. The Kier molecular flexibility index (Phi) is 6.25. The fourth-order valence-corrected chi connectivity index (χ4v) is 3.62. The predicted octanol–water partition coefficient (Wildman–Crippen LogP) is 2.96. The number of carbonyl (C=O) groups excluding carboxylic acids is 2. The van der Waals surface area contributed by atoms with Gasteiger partial charge in [0.15, 0.2) is 5.82 Å². The first-order chi connectivity index (χ1) is 15.5. The van der Waals surface area contributed by atoms with E-state index in [1.807, 2.05) is 54.6 Å². The second-order valence-corrected chi connectivity index (χ2v) is 7.39. The lowest BCUT2D eigenvalue weighted by molar-refractivity contribution is -0.119. The molecule has 1 N–H and O–H groups in total. The van der Waals surface area contributed by atoms with Gasteiger partial charge in [-0.1, -0.05) is 52.8 Å². The summed E-state index contributed by atoms with van der Waals surface area (Å²) in [5.41, 5.74) is 3.37. The number of amides is 2. The molecule has 3 aromatic rings. The fourth-order valence-electron chi connectivity index (χ4n) is 3.62. The molecule has 1 fully saturated rings. The van der Waals surface area contributed by atoms with Crippen molar-refractivity contribution in [3.05, 3.63) is 71.9 Å². The number of benzene rings is 2. The SMILES string of the molecule is CON=C1C[C@@H](c2noc(CNC(C)=O)n2)N(C(=O)c2ccc(-c3ccccc3)cc2)C1. The van der Waals surface area contributed by atoms with Crippen molar-refractivity contribution in [2.24, 2.45) is 5.16 Å². The van der Waals surface area contributed by atoms with Gasteiger partial charge in [-0.05, 0) is 23.3 Å². The van der Waals surface area contributed by atoms with Crippen LogP contribution in [-0.2, 0) is 16.2 Å². The van der Waals surface area contributed by atoms with E-state index in [9.17, 15) is 9.59 Å². The monoisotopic (exact) mass is 433 g/mol. The highest BCUT2D eigenvalue weighted by atomic mass is 16.6. The third-order valence-electron chi connectivity index (χ3n) is 5.15. The summed E-state index contributed by atoms with van der Waals surface area (Å²) < 4.78 is 5.24. The van der Waals surface area contributed by atoms with Crippen molar-refractivity contribution in [3.63, 3.8) is 0 Å². The van der Waals surface area contributed by atoms with Gasteiger partial charge in [-0.2, -0.15) is 4.98 Å². The molecular formula is C23H23N5O4. The number of carbonyl (C=O) groups is 2. The summed E-state index contributed by atoms with van der Waals surface area (Å²) in [5, 5.41) is 10.7. The van der Waals surface area contributed by atoms with E-state index in [2.05, 4.69) is 20.6 Å². The Morgan fingerprint density at radius 3 is 2.56 bits per heavy atom. The summed E-state index contributed by atoms with van der Waals surface area (Å²) in [7, 11) is 1.47. The first kappa shape index (κ1) is 21.2. The average molecular weight is 433 g/mol. The van der Waals surface area contributed by atoms with Crippen molar-refractivity contribution < 1.29 is 18.9 Å². The first-order valence-corrected chi connectivity index (χ1v) is 10.2. The number of rotatable bonds is 6. The van der Waals surface area contributed by atoms with Crippen molar-refractivity contribution in [1.29, 1.82) is 0 Å². The summed E-state index contributed by atoms with van der Waals surface area (Å²) in [6, 6.07) is 17.0. The molecule has 0 bridgehead atoms. The second kappa shape index (κ2) is 9.42. The molecule has 9 heteroatoms. The van der Waals surface area contributed by atoms with E-state index in [4.69, 9.17) is 9.36 Å². The van der Waals surface area contributed by atoms with E-state index in [0.717, 1.165) is 11.1 Å². The summed E-state index contributed by atoms with van der Waals surface area (Å²) in [5.74, 6) is 0.271. The topological polar surface area (TPSA) is 110 Å². The Morgan fingerprint density at radius 2 is 1.88 bits per heavy atom. The molecule has 9 nitrogen and oxygen atoms in total. The van der Waals surface area contributed by atoms with Crippen molar-refractivity contribution in [3.8, 4) is 11.1 Å². The van der Waals surface area contributed by atoms with Crippen LogP contribution in [-0.4, -0.2) is 46.2 Å². The molecule has 1 atom stereocenters. The van der Waals surface area contributed by atoms with Crippen molar-refractivity contribution in [1.82, 2.24) is 20.4 Å². The Hall–Kier alpha value is -4.01. The van der Waals surface area contributed by atoms with Crippen LogP contribution < -0.4 is 5.32 Å². The zero-order valence-electron chi connectivity index (χ0n) is 17.8. The van der Waals surface area contributed by atoms with E-state index in [0.29, 0.717) is 30.1 Å². The average Bonchev–Trinajstić information content (AvgIpc) is 3.45.